The zero-order valence-electron chi connectivity index (χ0n) is 10.2. The molecule has 8 heteroatoms. The molecule has 0 radical (unpaired) electrons. The van der Waals surface area contributed by atoms with Gasteiger partial charge in [-0.15, -0.1) is 11.3 Å². The third-order valence-electron chi connectivity index (χ3n) is 2.82. The topological polar surface area (TPSA) is 36.8 Å². The summed E-state index contributed by atoms with van der Waals surface area (Å²) >= 11 is 18.7. The van der Waals surface area contributed by atoms with Gasteiger partial charge in [-0.05, 0) is 35.0 Å². The number of nitrogens with zero attached hydrogens (tertiary/aromatic N) is 2. The van der Waals surface area contributed by atoms with E-state index in [-0.39, 0.29) is 6.04 Å². The molecule has 104 valence electrons. The summed E-state index contributed by atoms with van der Waals surface area (Å²) in [4.78, 5) is 1.21. The average molecular weight is 409 g/mol. The molecule has 1 unspecified atom stereocenters. The second-order valence-corrected chi connectivity index (χ2v) is 7.41. The second-order valence-electron chi connectivity index (χ2n) is 4.21. The van der Waals surface area contributed by atoms with Crippen molar-refractivity contribution < 1.29 is 0 Å². The molecule has 0 aliphatic carbocycles. The van der Waals surface area contributed by atoms with Crippen LogP contribution < -0.4 is 5.32 Å². The minimum atomic E-state index is 0.120. The van der Waals surface area contributed by atoms with E-state index in [1.165, 1.54) is 4.88 Å². The van der Waals surface area contributed by atoms with Crippen LogP contribution in [0.15, 0.2) is 30.7 Å². The summed E-state index contributed by atoms with van der Waals surface area (Å²) in [5.41, 5.74) is 2.18. The van der Waals surface area contributed by atoms with Gasteiger partial charge in [-0.2, -0.15) is 8.73 Å². The minimum absolute atomic E-state index is 0.120. The predicted octanol–water partition coefficient (Wildman–Crippen LogP) is 6.72. The molecule has 0 fully saturated rings. The Hall–Kier alpha value is -0.400. The lowest BCUT2D eigenvalue weighted by Gasteiger charge is -2.17. The maximum Gasteiger partial charge on any atom is 0.130 e. The molecular weight excluding hydrogens is 401 g/mol. The monoisotopic (exact) mass is 407 g/mol. The van der Waals surface area contributed by atoms with Crippen molar-refractivity contribution in [3.63, 3.8) is 0 Å². The molecule has 2 heterocycles. The number of thiophene rings is 1. The van der Waals surface area contributed by atoms with E-state index in [1.54, 1.807) is 17.4 Å². The van der Waals surface area contributed by atoms with Crippen molar-refractivity contribution >= 4 is 78.9 Å². The SMILES string of the molecule is CC(Nc1c(Cl)cc(Cl)c2c1N=S=N2)c1cc(Br)cs1. The number of nitrogens with one attached hydrogen (secondary N) is 1. The lowest BCUT2D eigenvalue weighted by atomic mass is 10.2. The van der Waals surface area contributed by atoms with E-state index < -0.39 is 0 Å². The first-order valence-corrected chi connectivity index (χ1v) is 8.83. The van der Waals surface area contributed by atoms with Crippen LogP contribution in [0.4, 0.5) is 17.1 Å². The molecule has 2 aromatic rings. The first kappa shape index (κ1) is 14.5. The average Bonchev–Trinajstić information content (AvgIpc) is 3.02. The molecule has 0 bridgehead atoms. The molecule has 1 aromatic carbocycles. The smallest absolute Gasteiger partial charge is 0.130 e. The molecule has 0 amide bonds. The Morgan fingerprint density at radius 2 is 1.95 bits per heavy atom. The van der Waals surface area contributed by atoms with Gasteiger partial charge in [-0.25, -0.2) is 0 Å². The molecule has 0 saturated heterocycles. The Morgan fingerprint density at radius 3 is 2.65 bits per heavy atom. The Bertz CT molecular complexity index is 753. The van der Waals surface area contributed by atoms with Crippen molar-refractivity contribution in [3.8, 4) is 0 Å². The molecule has 1 atom stereocenters. The van der Waals surface area contributed by atoms with Gasteiger partial charge in [0.05, 0.1) is 33.1 Å². The van der Waals surface area contributed by atoms with Gasteiger partial charge < -0.3 is 5.32 Å². The van der Waals surface area contributed by atoms with Crippen molar-refractivity contribution in [2.24, 2.45) is 8.73 Å². The van der Waals surface area contributed by atoms with Crippen LogP contribution in [0, 0.1) is 0 Å². The summed E-state index contributed by atoms with van der Waals surface area (Å²) in [6.45, 7) is 2.08. The first-order chi connectivity index (χ1) is 9.56. The third-order valence-corrected chi connectivity index (χ3v) is 5.81. The summed E-state index contributed by atoms with van der Waals surface area (Å²) < 4.78 is 9.56. The van der Waals surface area contributed by atoms with E-state index >= 15 is 0 Å². The maximum absolute atomic E-state index is 6.29. The number of hydrogen-bond acceptors (Lipinski definition) is 4. The number of hydrogen-bond donors (Lipinski definition) is 1. The quantitative estimate of drug-likeness (QED) is 0.513. The van der Waals surface area contributed by atoms with Crippen LogP contribution in [0.1, 0.15) is 17.8 Å². The van der Waals surface area contributed by atoms with Crippen LogP contribution in [-0.2, 0) is 11.4 Å². The lowest BCUT2D eigenvalue weighted by Crippen LogP contribution is -2.05. The Kier molecular flexibility index (Phi) is 4.19. The van der Waals surface area contributed by atoms with E-state index in [2.05, 4.69) is 48.3 Å². The Morgan fingerprint density at radius 1 is 1.20 bits per heavy atom. The first-order valence-electron chi connectivity index (χ1n) is 5.67. The van der Waals surface area contributed by atoms with Crippen molar-refractivity contribution in [2.75, 3.05) is 5.32 Å². The molecule has 1 aliphatic rings. The van der Waals surface area contributed by atoms with Gasteiger partial charge in [0.25, 0.3) is 0 Å². The maximum atomic E-state index is 6.29. The zero-order valence-corrected chi connectivity index (χ0v) is 14.9. The Balaban J connectivity index is 1.96. The molecule has 20 heavy (non-hydrogen) atoms. The van der Waals surface area contributed by atoms with Gasteiger partial charge in [-0.1, -0.05) is 23.2 Å². The highest BCUT2D eigenvalue weighted by Gasteiger charge is 2.20. The molecule has 3 rings (SSSR count). The van der Waals surface area contributed by atoms with Crippen molar-refractivity contribution in [3.05, 3.63) is 36.9 Å². The summed E-state index contributed by atoms with van der Waals surface area (Å²) in [7, 11) is 0. The lowest BCUT2D eigenvalue weighted by molar-refractivity contribution is 0.908. The van der Waals surface area contributed by atoms with Crippen LogP contribution in [0.5, 0.6) is 0 Å². The molecular formula is C12H8BrCl2N3S2. The minimum Gasteiger partial charge on any atom is -0.375 e. The number of benzene rings is 1. The molecule has 1 aromatic heterocycles. The fourth-order valence-corrected chi connectivity index (χ4v) is 4.47. The third kappa shape index (κ3) is 2.67. The number of anilines is 1. The molecule has 0 saturated carbocycles. The fraction of sp³-hybridized carbons (Fsp3) is 0.167. The summed E-state index contributed by atoms with van der Waals surface area (Å²) in [5.74, 6) is 0. The van der Waals surface area contributed by atoms with E-state index in [9.17, 15) is 0 Å². The highest BCUT2D eigenvalue weighted by Crippen LogP contribution is 2.48. The van der Waals surface area contributed by atoms with Crippen molar-refractivity contribution in [1.82, 2.24) is 0 Å². The van der Waals surface area contributed by atoms with Crippen LogP contribution in [0.2, 0.25) is 10.0 Å². The van der Waals surface area contributed by atoms with Crippen LogP contribution >= 0.6 is 50.5 Å². The van der Waals surface area contributed by atoms with Gasteiger partial charge in [-0.3, -0.25) is 0 Å². The number of rotatable bonds is 3. The van der Waals surface area contributed by atoms with E-state index in [1.807, 2.05) is 0 Å². The predicted molar refractivity (Wildman–Crippen MR) is 92.1 cm³/mol. The number of fused-ring (bicyclic) bond motifs is 1. The zero-order chi connectivity index (χ0) is 14.3. The van der Waals surface area contributed by atoms with Gasteiger partial charge >= 0.3 is 0 Å². The van der Waals surface area contributed by atoms with Gasteiger partial charge in [0.1, 0.15) is 11.4 Å². The molecule has 1 N–H and O–H groups in total. The summed E-state index contributed by atoms with van der Waals surface area (Å²) in [6, 6.07) is 3.91. The van der Waals surface area contributed by atoms with Gasteiger partial charge in [0.2, 0.25) is 0 Å². The number of halogens is 3. The summed E-state index contributed by atoms with van der Waals surface area (Å²) in [6.07, 6.45) is 0. The van der Waals surface area contributed by atoms with Crippen molar-refractivity contribution in [2.45, 2.75) is 13.0 Å². The fourth-order valence-electron chi connectivity index (χ4n) is 1.85. The standard InChI is InChI=1S/C12H8BrCl2N3S2/c1-5(9-2-6(13)4-19-9)16-10-7(14)3-8(15)11-12(10)18-20-17-11/h2-5,16H,1H3. The highest BCUT2D eigenvalue weighted by molar-refractivity contribution is 9.10. The Labute approximate surface area is 142 Å². The molecule has 3 nitrogen and oxygen atoms in total. The molecule has 1 aliphatic heterocycles. The van der Waals surface area contributed by atoms with Crippen molar-refractivity contribution in [1.29, 1.82) is 0 Å². The highest BCUT2D eigenvalue weighted by atomic mass is 79.9. The van der Waals surface area contributed by atoms with E-state index in [0.29, 0.717) is 15.7 Å². The van der Waals surface area contributed by atoms with Crippen LogP contribution in [0.3, 0.4) is 0 Å². The van der Waals surface area contributed by atoms with E-state index in [4.69, 9.17) is 23.2 Å². The molecule has 0 spiro atoms. The second kappa shape index (κ2) is 5.77. The largest absolute Gasteiger partial charge is 0.375 e. The van der Waals surface area contributed by atoms with Crippen LogP contribution in [0.25, 0.3) is 0 Å². The van der Waals surface area contributed by atoms with Gasteiger partial charge in [0.15, 0.2) is 0 Å². The van der Waals surface area contributed by atoms with Gasteiger partial charge in [0, 0.05) is 14.7 Å². The van der Waals surface area contributed by atoms with E-state index in [0.717, 1.165) is 27.2 Å². The van der Waals surface area contributed by atoms with Crippen LogP contribution in [-0.4, -0.2) is 0 Å². The summed E-state index contributed by atoms with van der Waals surface area (Å²) in [5, 5.41) is 6.53. The normalized spacial score (nSPS) is 14.0.